The first-order chi connectivity index (χ1) is 18.5. The predicted octanol–water partition coefficient (Wildman–Crippen LogP) is 4.19. The van der Waals surface area contributed by atoms with Crippen molar-refractivity contribution in [2.24, 2.45) is 34.5 Å². The summed E-state index contributed by atoms with van der Waals surface area (Å²) in [5.41, 5.74) is -4.53. The van der Waals surface area contributed by atoms with Crippen LogP contribution >= 0.6 is 11.8 Å². The van der Waals surface area contributed by atoms with Crippen LogP contribution in [0.2, 0.25) is 0 Å². The molecule has 0 spiro atoms. The van der Waals surface area contributed by atoms with Crippen molar-refractivity contribution in [1.82, 2.24) is 5.06 Å². The number of aliphatic hydroxyl groups is 2. The van der Waals surface area contributed by atoms with Gasteiger partial charge in [-0.2, -0.15) is 5.06 Å². The normalized spacial score (nSPS) is 41.1. The topological polar surface area (TPSA) is 98.1 Å². The number of hydrogen-bond donors (Lipinski definition) is 3. The molecule has 9 heteroatoms. The Morgan fingerprint density at radius 2 is 1.90 bits per heavy atom. The molecule has 3 fully saturated rings. The number of fused-ring (bicyclic) bond motifs is 5. The summed E-state index contributed by atoms with van der Waals surface area (Å²) < 4.78 is 33.0. The molecule has 0 amide bonds. The summed E-state index contributed by atoms with van der Waals surface area (Å²) in [4.78, 5) is 26.2. The zero-order valence-corrected chi connectivity index (χ0v) is 23.1. The van der Waals surface area contributed by atoms with E-state index in [0.717, 1.165) is 11.0 Å². The summed E-state index contributed by atoms with van der Waals surface area (Å²) in [5, 5.41) is 33.2. The van der Waals surface area contributed by atoms with E-state index in [1.54, 1.807) is 18.7 Å². The quantitative estimate of drug-likeness (QED) is 0.323. The summed E-state index contributed by atoms with van der Waals surface area (Å²) >= 11 is 1.59. The monoisotopic (exact) mass is 561 g/mol. The molecular formula is C30H37F2NO5S. The van der Waals surface area contributed by atoms with E-state index in [9.17, 15) is 25.0 Å². The third-order valence-corrected chi connectivity index (χ3v) is 11.1. The number of halogens is 2. The fourth-order valence-corrected chi connectivity index (χ4v) is 9.33. The third-order valence-electron chi connectivity index (χ3n) is 10.1. The highest BCUT2D eigenvalue weighted by atomic mass is 32.2. The average molecular weight is 562 g/mol. The SMILES string of the molecule is CC12CC(O)C3(F)C(CC(F)C4=CC(=O)C=CC43C)C1CC(CN(O)CCSc1ccccc1)C2C(=O)CO. The van der Waals surface area contributed by atoms with Gasteiger partial charge in [-0.1, -0.05) is 31.2 Å². The van der Waals surface area contributed by atoms with Crippen LogP contribution in [0.3, 0.4) is 0 Å². The number of hydrogen-bond acceptors (Lipinski definition) is 7. The minimum atomic E-state index is -2.23. The molecule has 6 nitrogen and oxygen atoms in total. The highest BCUT2D eigenvalue weighted by molar-refractivity contribution is 7.99. The summed E-state index contributed by atoms with van der Waals surface area (Å²) in [7, 11) is 0. The zero-order valence-electron chi connectivity index (χ0n) is 22.3. The molecule has 0 saturated heterocycles. The molecule has 3 N–H and O–H groups in total. The van der Waals surface area contributed by atoms with Gasteiger partial charge in [-0.3, -0.25) is 9.59 Å². The van der Waals surface area contributed by atoms with Crippen LogP contribution in [0.1, 0.15) is 33.1 Å². The van der Waals surface area contributed by atoms with Crippen LogP contribution in [0.4, 0.5) is 8.78 Å². The van der Waals surface area contributed by atoms with Crippen molar-refractivity contribution in [2.75, 3.05) is 25.4 Å². The first-order valence-corrected chi connectivity index (χ1v) is 14.7. The van der Waals surface area contributed by atoms with Gasteiger partial charge in [0.2, 0.25) is 0 Å². The second-order valence-corrected chi connectivity index (χ2v) is 13.3. The van der Waals surface area contributed by atoms with Crippen molar-refractivity contribution in [1.29, 1.82) is 0 Å². The Labute approximate surface area is 232 Å². The van der Waals surface area contributed by atoms with Crippen LogP contribution in [0.5, 0.6) is 0 Å². The molecule has 9 unspecified atom stereocenters. The fourth-order valence-electron chi connectivity index (χ4n) is 8.44. The van der Waals surface area contributed by atoms with Gasteiger partial charge < -0.3 is 15.4 Å². The maximum absolute atomic E-state index is 17.4. The predicted molar refractivity (Wildman–Crippen MR) is 144 cm³/mol. The largest absolute Gasteiger partial charge is 0.390 e. The van der Waals surface area contributed by atoms with E-state index in [0.29, 0.717) is 18.7 Å². The Bertz CT molecular complexity index is 1180. The van der Waals surface area contributed by atoms with Crippen LogP contribution < -0.4 is 0 Å². The number of ketones is 2. The lowest BCUT2D eigenvalue weighted by molar-refractivity contribution is -0.202. The van der Waals surface area contributed by atoms with Crippen LogP contribution in [0.15, 0.2) is 59.0 Å². The number of hydroxylamine groups is 2. The molecule has 0 bridgehead atoms. The highest BCUT2D eigenvalue weighted by Crippen LogP contribution is 2.70. The number of carbonyl (C=O) groups is 2. The molecule has 4 aliphatic carbocycles. The first-order valence-electron chi connectivity index (χ1n) is 13.7. The van der Waals surface area contributed by atoms with Gasteiger partial charge in [0.25, 0.3) is 0 Å². The number of nitrogens with zero attached hydrogens (tertiary/aromatic N) is 1. The van der Waals surface area contributed by atoms with Gasteiger partial charge in [0.05, 0.1) is 6.10 Å². The molecule has 0 heterocycles. The Morgan fingerprint density at radius 1 is 1.18 bits per heavy atom. The molecule has 9 atom stereocenters. The van der Waals surface area contributed by atoms with Gasteiger partial charge in [-0.25, -0.2) is 8.78 Å². The van der Waals surface area contributed by atoms with E-state index in [1.165, 1.54) is 17.2 Å². The van der Waals surface area contributed by atoms with Crippen molar-refractivity contribution < 1.29 is 33.8 Å². The van der Waals surface area contributed by atoms with Crippen LogP contribution in [0, 0.1) is 34.5 Å². The molecule has 0 aliphatic heterocycles. The van der Waals surface area contributed by atoms with E-state index in [2.05, 4.69) is 0 Å². The fraction of sp³-hybridized carbons (Fsp3) is 0.600. The third kappa shape index (κ3) is 4.54. The lowest BCUT2D eigenvalue weighted by Gasteiger charge is -2.62. The Kier molecular flexibility index (Phi) is 7.70. The van der Waals surface area contributed by atoms with E-state index >= 15 is 8.78 Å². The Hall–Kier alpha value is -1.91. The Morgan fingerprint density at radius 3 is 2.59 bits per heavy atom. The number of thioether (sulfide) groups is 1. The second-order valence-electron chi connectivity index (χ2n) is 12.1. The number of carbonyl (C=O) groups excluding carboxylic acids is 2. The van der Waals surface area contributed by atoms with Gasteiger partial charge in [-0.15, -0.1) is 11.8 Å². The van der Waals surface area contributed by atoms with Gasteiger partial charge in [0.15, 0.2) is 17.2 Å². The molecule has 3 saturated carbocycles. The van der Waals surface area contributed by atoms with Crippen molar-refractivity contribution in [3.63, 3.8) is 0 Å². The summed E-state index contributed by atoms with van der Waals surface area (Å²) in [6, 6.07) is 9.79. The molecule has 5 rings (SSSR count). The van der Waals surface area contributed by atoms with Gasteiger partial charge in [0.1, 0.15) is 12.8 Å². The second kappa shape index (κ2) is 10.5. The van der Waals surface area contributed by atoms with E-state index in [4.69, 9.17) is 0 Å². The zero-order chi connectivity index (χ0) is 28.2. The van der Waals surface area contributed by atoms with Crippen LogP contribution in [-0.4, -0.2) is 75.4 Å². The average Bonchev–Trinajstić information content (AvgIpc) is 3.18. The summed E-state index contributed by atoms with van der Waals surface area (Å²) in [6.45, 7) is 3.19. The molecule has 4 aliphatic rings. The molecule has 39 heavy (non-hydrogen) atoms. The summed E-state index contributed by atoms with van der Waals surface area (Å²) in [6.07, 6.45) is 0.892. The number of benzene rings is 1. The van der Waals surface area contributed by atoms with Crippen LogP contribution in [-0.2, 0) is 9.59 Å². The molecule has 1 aromatic carbocycles. The minimum absolute atomic E-state index is 0.0333. The van der Waals surface area contributed by atoms with Crippen molar-refractivity contribution in [2.45, 2.75) is 55.9 Å². The van der Waals surface area contributed by atoms with Crippen molar-refractivity contribution >= 4 is 23.3 Å². The number of allylic oxidation sites excluding steroid dienone is 4. The van der Waals surface area contributed by atoms with E-state index in [1.807, 2.05) is 37.3 Å². The highest BCUT2D eigenvalue weighted by Gasteiger charge is 2.73. The van der Waals surface area contributed by atoms with Gasteiger partial charge in [-0.05, 0) is 73.3 Å². The number of alkyl halides is 2. The molecule has 1 aromatic rings. The molecule has 212 valence electrons. The number of Topliss-reactive ketones (excluding diaryl/α,β-unsaturated/α-hetero) is 1. The summed E-state index contributed by atoms with van der Waals surface area (Å²) in [5.74, 6) is -2.65. The standard InChI is InChI=1S/C30H37F2NO5S/c1-28-15-26(37)30(32)22(14-24(31)23-13-19(35)8-9-29(23,30)2)21(28)12-18(27(28)25(36)17-34)16-33(38)10-11-39-20-6-4-3-5-7-20/h3-9,13,18,21-22,24,26-27,34,37-38H,10-12,14-17H2,1-2H3. The molecular weight excluding hydrogens is 524 g/mol. The maximum Gasteiger partial charge on any atom is 0.178 e. The first kappa shape index (κ1) is 28.6. The lowest BCUT2D eigenvalue weighted by Crippen LogP contribution is -2.68. The van der Waals surface area contributed by atoms with E-state index < -0.39 is 70.6 Å². The van der Waals surface area contributed by atoms with Gasteiger partial charge in [0, 0.05) is 41.0 Å². The molecule has 0 aromatic heterocycles. The minimum Gasteiger partial charge on any atom is -0.390 e. The lowest BCUT2D eigenvalue weighted by atomic mass is 9.45. The maximum atomic E-state index is 17.4. The molecule has 0 radical (unpaired) electrons. The van der Waals surface area contributed by atoms with Crippen molar-refractivity contribution in [3.8, 4) is 0 Å². The van der Waals surface area contributed by atoms with Crippen LogP contribution in [0.25, 0.3) is 0 Å². The Balaban J connectivity index is 1.41. The van der Waals surface area contributed by atoms with Gasteiger partial charge >= 0.3 is 0 Å². The number of rotatable bonds is 8. The van der Waals surface area contributed by atoms with E-state index in [-0.39, 0.29) is 25.0 Å². The smallest absolute Gasteiger partial charge is 0.178 e. The van der Waals surface area contributed by atoms with Crippen molar-refractivity contribution in [3.05, 3.63) is 54.1 Å². The number of aliphatic hydroxyl groups excluding tert-OH is 2.